The maximum Gasteiger partial charge on any atom is 0.337 e. The molecule has 102 valence electrons. The van der Waals surface area contributed by atoms with E-state index in [9.17, 15) is 15.0 Å². The molecule has 0 amide bonds. The summed E-state index contributed by atoms with van der Waals surface area (Å²) in [6.07, 6.45) is 1.73. The molecular formula is C15H19NO3. The smallest absolute Gasteiger partial charge is 0.337 e. The zero-order chi connectivity index (χ0) is 13.6. The van der Waals surface area contributed by atoms with E-state index in [4.69, 9.17) is 0 Å². The fraction of sp³-hybridized carbons (Fsp3) is 0.533. The molecule has 3 rings (SSSR count). The standard InChI is InChI=1S/C15H19NO3/c1-9-2-4-11(15(18)19)13(6-9)16-7-10-3-5-14(17)12(10)8-16/h2,4,6,10,12,14,17H,3,5,7-8H2,1H3,(H,18,19). The molecular weight excluding hydrogens is 242 g/mol. The minimum absolute atomic E-state index is 0.215. The fourth-order valence-electron chi connectivity index (χ4n) is 3.52. The number of aliphatic hydroxyl groups excluding tert-OH is 1. The van der Waals surface area contributed by atoms with Crippen molar-refractivity contribution in [1.82, 2.24) is 0 Å². The van der Waals surface area contributed by atoms with Crippen LogP contribution in [0.1, 0.15) is 28.8 Å². The van der Waals surface area contributed by atoms with Crippen LogP contribution >= 0.6 is 0 Å². The molecule has 2 N–H and O–H groups in total. The van der Waals surface area contributed by atoms with E-state index in [2.05, 4.69) is 4.90 Å². The van der Waals surface area contributed by atoms with Crippen LogP contribution in [0, 0.1) is 18.8 Å². The summed E-state index contributed by atoms with van der Waals surface area (Å²) < 4.78 is 0. The fourth-order valence-corrected chi connectivity index (χ4v) is 3.52. The summed E-state index contributed by atoms with van der Waals surface area (Å²) in [6, 6.07) is 5.45. The maximum absolute atomic E-state index is 11.3. The summed E-state index contributed by atoms with van der Waals surface area (Å²) >= 11 is 0. The maximum atomic E-state index is 11.3. The number of carboxylic acid groups (broad SMARTS) is 1. The van der Waals surface area contributed by atoms with Gasteiger partial charge in [0, 0.05) is 19.0 Å². The highest BCUT2D eigenvalue weighted by molar-refractivity contribution is 5.94. The molecule has 4 heteroatoms. The van der Waals surface area contributed by atoms with E-state index >= 15 is 0 Å². The number of benzene rings is 1. The number of fused-ring (bicyclic) bond motifs is 1. The first-order chi connectivity index (χ1) is 9.06. The van der Waals surface area contributed by atoms with Gasteiger partial charge in [0.2, 0.25) is 0 Å². The van der Waals surface area contributed by atoms with E-state index in [0.717, 1.165) is 37.2 Å². The van der Waals surface area contributed by atoms with Gasteiger partial charge in [-0.2, -0.15) is 0 Å². The molecule has 1 aliphatic heterocycles. The lowest BCUT2D eigenvalue weighted by Gasteiger charge is -2.22. The molecule has 2 aliphatic rings. The van der Waals surface area contributed by atoms with Crippen LogP contribution in [0.3, 0.4) is 0 Å². The van der Waals surface area contributed by atoms with E-state index in [0.29, 0.717) is 17.4 Å². The third kappa shape index (κ3) is 2.10. The molecule has 1 heterocycles. The van der Waals surface area contributed by atoms with Gasteiger partial charge >= 0.3 is 5.97 Å². The molecule has 4 nitrogen and oxygen atoms in total. The van der Waals surface area contributed by atoms with E-state index in [1.807, 2.05) is 19.1 Å². The summed E-state index contributed by atoms with van der Waals surface area (Å²) in [5.41, 5.74) is 2.23. The zero-order valence-electron chi connectivity index (χ0n) is 11.0. The van der Waals surface area contributed by atoms with Crippen molar-refractivity contribution in [2.75, 3.05) is 18.0 Å². The Hall–Kier alpha value is -1.55. The van der Waals surface area contributed by atoms with Crippen molar-refractivity contribution in [3.05, 3.63) is 29.3 Å². The van der Waals surface area contributed by atoms with Crippen LogP contribution in [0.15, 0.2) is 18.2 Å². The molecule has 0 spiro atoms. The zero-order valence-corrected chi connectivity index (χ0v) is 11.0. The van der Waals surface area contributed by atoms with Gasteiger partial charge in [0.1, 0.15) is 0 Å². The van der Waals surface area contributed by atoms with Gasteiger partial charge in [-0.15, -0.1) is 0 Å². The molecule has 0 radical (unpaired) electrons. The van der Waals surface area contributed by atoms with Gasteiger partial charge in [-0.05, 0) is 43.4 Å². The summed E-state index contributed by atoms with van der Waals surface area (Å²) in [7, 11) is 0. The van der Waals surface area contributed by atoms with Gasteiger partial charge < -0.3 is 15.1 Å². The number of aryl methyl sites for hydroxylation is 1. The number of hydrogen-bond acceptors (Lipinski definition) is 3. The molecule has 0 bridgehead atoms. The van der Waals surface area contributed by atoms with Crippen LogP contribution in [0.5, 0.6) is 0 Å². The number of carboxylic acids is 1. The number of rotatable bonds is 2. The molecule has 1 saturated heterocycles. The van der Waals surface area contributed by atoms with Crippen molar-refractivity contribution in [1.29, 1.82) is 0 Å². The number of hydrogen-bond donors (Lipinski definition) is 2. The third-order valence-electron chi connectivity index (χ3n) is 4.54. The van der Waals surface area contributed by atoms with Gasteiger partial charge in [0.15, 0.2) is 0 Å². The SMILES string of the molecule is Cc1ccc(C(=O)O)c(N2CC3CCC(O)C3C2)c1. The Morgan fingerprint density at radius 2 is 2.11 bits per heavy atom. The monoisotopic (exact) mass is 261 g/mol. The largest absolute Gasteiger partial charge is 0.478 e. The normalized spacial score (nSPS) is 29.6. The lowest BCUT2D eigenvalue weighted by Crippen LogP contribution is -2.26. The molecule has 19 heavy (non-hydrogen) atoms. The van der Waals surface area contributed by atoms with Gasteiger partial charge in [0.25, 0.3) is 0 Å². The quantitative estimate of drug-likeness (QED) is 0.853. The Morgan fingerprint density at radius 3 is 2.79 bits per heavy atom. The Morgan fingerprint density at radius 1 is 1.32 bits per heavy atom. The molecule has 1 aromatic rings. The Kier molecular flexibility index (Phi) is 2.97. The Bertz CT molecular complexity index is 514. The van der Waals surface area contributed by atoms with Crippen molar-refractivity contribution in [2.24, 2.45) is 11.8 Å². The summed E-state index contributed by atoms with van der Waals surface area (Å²) in [5.74, 6) is -0.0630. The third-order valence-corrected chi connectivity index (χ3v) is 4.54. The van der Waals surface area contributed by atoms with E-state index < -0.39 is 5.97 Å². The molecule has 3 unspecified atom stereocenters. The first-order valence-corrected chi connectivity index (χ1v) is 6.83. The van der Waals surface area contributed by atoms with Crippen LogP contribution in [0.4, 0.5) is 5.69 Å². The van der Waals surface area contributed by atoms with Crippen LogP contribution in [0.2, 0.25) is 0 Å². The van der Waals surface area contributed by atoms with Gasteiger partial charge in [-0.25, -0.2) is 4.79 Å². The summed E-state index contributed by atoms with van der Waals surface area (Å²) in [6.45, 7) is 3.61. The minimum atomic E-state index is -0.882. The minimum Gasteiger partial charge on any atom is -0.478 e. The molecule has 1 aromatic carbocycles. The molecule has 3 atom stereocenters. The van der Waals surface area contributed by atoms with Crippen molar-refractivity contribution < 1.29 is 15.0 Å². The summed E-state index contributed by atoms with van der Waals surface area (Å²) in [5, 5.41) is 19.2. The lowest BCUT2D eigenvalue weighted by molar-refractivity contribution is 0.0697. The predicted octanol–water partition coefficient (Wildman–Crippen LogP) is 1.90. The highest BCUT2D eigenvalue weighted by Gasteiger charge is 2.42. The average molecular weight is 261 g/mol. The van der Waals surface area contributed by atoms with Crippen LogP contribution < -0.4 is 4.90 Å². The number of aromatic carboxylic acids is 1. The van der Waals surface area contributed by atoms with Gasteiger partial charge in [-0.3, -0.25) is 0 Å². The van der Waals surface area contributed by atoms with Crippen LogP contribution in [0.25, 0.3) is 0 Å². The van der Waals surface area contributed by atoms with E-state index in [-0.39, 0.29) is 6.10 Å². The second-order valence-corrected chi connectivity index (χ2v) is 5.80. The van der Waals surface area contributed by atoms with E-state index in [1.165, 1.54) is 0 Å². The van der Waals surface area contributed by atoms with Crippen molar-refractivity contribution in [2.45, 2.75) is 25.9 Å². The second kappa shape index (κ2) is 4.53. The van der Waals surface area contributed by atoms with Crippen molar-refractivity contribution in [3.63, 3.8) is 0 Å². The van der Waals surface area contributed by atoms with Gasteiger partial charge in [-0.1, -0.05) is 6.07 Å². The van der Waals surface area contributed by atoms with Crippen LogP contribution in [-0.2, 0) is 0 Å². The lowest BCUT2D eigenvalue weighted by atomic mass is 10.00. The Labute approximate surface area is 112 Å². The number of aliphatic hydroxyl groups is 1. The second-order valence-electron chi connectivity index (χ2n) is 5.80. The highest BCUT2D eigenvalue weighted by atomic mass is 16.4. The van der Waals surface area contributed by atoms with Crippen molar-refractivity contribution in [3.8, 4) is 0 Å². The predicted molar refractivity (Wildman–Crippen MR) is 72.6 cm³/mol. The van der Waals surface area contributed by atoms with E-state index in [1.54, 1.807) is 6.07 Å². The molecule has 1 aliphatic carbocycles. The Balaban J connectivity index is 1.91. The van der Waals surface area contributed by atoms with Crippen LogP contribution in [-0.4, -0.2) is 35.4 Å². The number of nitrogens with zero attached hydrogens (tertiary/aromatic N) is 1. The topological polar surface area (TPSA) is 60.8 Å². The summed E-state index contributed by atoms with van der Waals surface area (Å²) in [4.78, 5) is 13.5. The van der Waals surface area contributed by atoms with Gasteiger partial charge in [0.05, 0.1) is 17.4 Å². The number of carbonyl (C=O) groups is 1. The highest BCUT2D eigenvalue weighted by Crippen LogP contribution is 2.40. The average Bonchev–Trinajstić information content (AvgIpc) is 2.91. The first kappa shape index (κ1) is 12.5. The van der Waals surface area contributed by atoms with Crippen molar-refractivity contribution >= 4 is 11.7 Å². The molecule has 1 saturated carbocycles. The number of anilines is 1. The first-order valence-electron chi connectivity index (χ1n) is 6.83. The molecule has 0 aromatic heterocycles. The molecule has 2 fully saturated rings.